The lowest BCUT2D eigenvalue weighted by atomic mass is 9.94. The summed E-state index contributed by atoms with van der Waals surface area (Å²) in [5.74, 6) is 1.12. The molecule has 1 aromatic heterocycles. The summed E-state index contributed by atoms with van der Waals surface area (Å²) in [7, 11) is 0. The Morgan fingerprint density at radius 3 is 2.85 bits per heavy atom. The Morgan fingerprint density at radius 2 is 2.08 bits per heavy atom. The molecule has 0 saturated carbocycles. The Hall–Kier alpha value is -0.500. The average Bonchev–Trinajstić information content (AvgIpc) is 2.18. The van der Waals surface area contributed by atoms with Gasteiger partial charge in [-0.2, -0.15) is 0 Å². The van der Waals surface area contributed by atoms with E-state index in [1.807, 2.05) is 11.8 Å². The van der Waals surface area contributed by atoms with Crippen LogP contribution in [0, 0.1) is 0 Å². The van der Waals surface area contributed by atoms with Gasteiger partial charge in [0, 0.05) is 6.20 Å². The summed E-state index contributed by atoms with van der Waals surface area (Å²) in [6.45, 7) is 2.17. The van der Waals surface area contributed by atoms with Crippen molar-refractivity contribution < 1.29 is 0 Å². The summed E-state index contributed by atoms with van der Waals surface area (Å²) in [5, 5.41) is 1.20. The van der Waals surface area contributed by atoms with Crippen molar-refractivity contribution >= 4 is 11.8 Å². The Kier molecular flexibility index (Phi) is 2.89. The monoisotopic (exact) mass is 193 g/mol. The molecule has 0 N–H and O–H groups in total. The van der Waals surface area contributed by atoms with E-state index in [1.54, 1.807) is 0 Å². The van der Waals surface area contributed by atoms with Crippen LogP contribution in [0.4, 0.5) is 0 Å². The lowest BCUT2D eigenvalue weighted by Crippen LogP contribution is -2.03. The summed E-state index contributed by atoms with van der Waals surface area (Å²) >= 11 is 1.84. The zero-order chi connectivity index (χ0) is 9.10. The fourth-order valence-electron chi connectivity index (χ4n) is 1.82. The highest BCUT2D eigenvalue weighted by Gasteiger charge is 2.09. The predicted molar refractivity (Wildman–Crippen MR) is 57.3 cm³/mol. The van der Waals surface area contributed by atoms with Crippen LogP contribution in [-0.2, 0) is 12.8 Å². The first-order valence-corrected chi connectivity index (χ1v) is 5.99. The molecule has 1 aliphatic carbocycles. The highest BCUT2D eigenvalue weighted by atomic mass is 32.2. The second kappa shape index (κ2) is 4.14. The van der Waals surface area contributed by atoms with Crippen LogP contribution < -0.4 is 0 Å². The Bertz CT molecular complexity index is 296. The molecule has 13 heavy (non-hydrogen) atoms. The van der Waals surface area contributed by atoms with E-state index in [9.17, 15) is 0 Å². The third-order valence-electron chi connectivity index (χ3n) is 2.49. The first-order valence-electron chi connectivity index (χ1n) is 5.00. The fraction of sp³-hybridized carbons (Fsp3) is 0.545. The normalized spacial score (nSPS) is 15.5. The van der Waals surface area contributed by atoms with E-state index in [1.165, 1.54) is 41.8 Å². The van der Waals surface area contributed by atoms with Crippen molar-refractivity contribution in [2.24, 2.45) is 0 Å². The third-order valence-corrected chi connectivity index (χ3v) is 3.30. The zero-order valence-electron chi connectivity index (χ0n) is 8.05. The highest BCUT2D eigenvalue weighted by molar-refractivity contribution is 7.99. The molecule has 1 heterocycles. The van der Waals surface area contributed by atoms with Crippen LogP contribution >= 0.6 is 11.8 Å². The molecule has 0 radical (unpaired) electrons. The zero-order valence-corrected chi connectivity index (χ0v) is 8.86. The van der Waals surface area contributed by atoms with Crippen LogP contribution in [0.15, 0.2) is 17.3 Å². The molecule has 70 valence electrons. The number of hydrogen-bond donors (Lipinski definition) is 0. The van der Waals surface area contributed by atoms with E-state index in [0.717, 1.165) is 5.75 Å². The van der Waals surface area contributed by atoms with Crippen LogP contribution in [0.5, 0.6) is 0 Å². The topological polar surface area (TPSA) is 12.9 Å². The lowest BCUT2D eigenvalue weighted by Gasteiger charge is -2.15. The van der Waals surface area contributed by atoms with Crippen LogP contribution in [-0.4, -0.2) is 10.7 Å². The van der Waals surface area contributed by atoms with E-state index in [4.69, 9.17) is 0 Å². The summed E-state index contributed by atoms with van der Waals surface area (Å²) in [5.41, 5.74) is 3.02. The molecule has 0 bridgehead atoms. The fourth-order valence-corrected chi connectivity index (χ4v) is 2.47. The van der Waals surface area contributed by atoms with Gasteiger partial charge in [0.2, 0.25) is 0 Å². The first-order chi connectivity index (χ1) is 6.40. The van der Waals surface area contributed by atoms with Gasteiger partial charge in [-0.15, -0.1) is 11.8 Å². The molecule has 0 aromatic carbocycles. The average molecular weight is 193 g/mol. The van der Waals surface area contributed by atoms with Gasteiger partial charge < -0.3 is 0 Å². The Labute approximate surface area is 84.0 Å². The smallest absolute Gasteiger partial charge is 0.0962 e. The number of hydrogen-bond acceptors (Lipinski definition) is 2. The van der Waals surface area contributed by atoms with E-state index >= 15 is 0 Å². The van der Waals surface area contributed by atoms with Crippen LogP contribution in [0.2, 0.25) is 0 Å². The Morgan fingerprint density at radius 1 is 1.31 bits per heavy atom. The molecule has 0 fully saturated rings. The van der Waals surface area contributed by atoms with Gasteiger partial charge >= 0.3 is 0 Å². The standard InChI is InChI=1S/C11H15NS/c1-2-13-11-7-9-5-3-4-6-10(9)8-12-11/h7-8H,2-6H2,1H3. The SMILES string of the molecule is CCSc1cc2c(cn1)CCCC2. The molecule has 1 nitrogen and oxygen atoms in total. The molecule has 1 aliphatic rings. The van der Waals surface area contributed by atoms with Gasteiger partial charge in [-0.1, -0.05) is 6.92 Å². The summed E-state index contributed by atoms with van der Waals surface area (Å²) in [6, 6.07) is 2.28. The molecule has 1 aromatic rings. The first kappa shape index (κ1) is 9.07. The van der Waals surface area contributed by atoms with Gasteiger partial charge in [0.15, 0.2) is 0 Å². The maximum atomic E-state index is 4.44. The molecule has 2 heteroatoms. The van der Waals surface area contributed by atoms with Crippen molar-refractivity contribution in [3.8, 4) is 0 Å². The van der Waals surface area contributed by atoms with Crippen molar-refractivity contribution in [2.75, 3.05) is 5.75 Å². The molecule has 0 unspecified atom stereocenters. The number of rotatable bonds is 2. The van der Waals surface area contributed by atoms with Crippen molar-refractivity contribution in [1.82, 2.24) is 4.98 Å². The highest BCUT2D eigenvalue weighted by Crippen LogP contribution is 2.24. The second-order valence-corrected chi connectivity index (χ2v) is 4.72. The molecular weight excluding hydrogens is 178 g/mol. The summed E-state index contributed by atoms with van der Waals surface area (Å²) < 4.78 is 0. The van der Waals surface area contributed by atoms with Crippen LogP contribution in [0.1, 0.15) is 30.9 Å². The number of pyridine rings is 1. The molecular formula is C11H15NS. The van der Waals surface area contributed by atoms with Crippen molar-refractivity contribution in [3.05, 3.63) is 23.4 Å². The molecule has 0 aliphatic heterocycles. The van der Waals surface area contributed by atoms with Gasteiger partial charge in [0.05, 0.1) is 5.03 Å². The number of aromatic nitrogens is 1. The number of aryl methyl sites for hydroxylation is 2. The van der Waals surface area contributed by atoms with Crippen molar-refractivity contribution in [1.29, 1.82) is 0 Å². The molecule has 0 atom stereocenters. The van der Waals surface area contributed by atoms with Gasteiger partial charge in [0.25, 0.3) is 0 Å². The quantitative estimate of drug-likeness (QED) is 0.669. The molecule has 2 rings (SSSR count). The summed E-state index contributed by atoms with van der Waals surface area (Å²) in [4.78, 5) is 4.44. The van der Waals surface area contributed by atoms with Crippen molar-refractivity contribution in [3.63, 3.8) is 0 Å². The second-order valence-electron chi connectivity index (χ2n) is 3.43. The van der Waals surface area contributed by atoms with Crippen LogP contribution in [0.3, 0.4) is 0 Å². The van der Waals surface area contributed by atoms with E-state index in [2.05, 4.69) is 24.2 Å². The number of thioether (sulfide) groups is 1. The largest absolute Gasteiger partial charge is 0.250 e. The van der Waals surface area contributed by atoms with E-state index < -0.39 is 0 Å². The maximum absolute atomic E-state index is 4.44. The minimum atomic E-state index is 1.12. The van der Waals surface area contributed by atoms with E-state index in [0.29, 0.717) is 0 Å². The third kappa shape index (κ3) is 2.05. The molecule has 0 amide bonds. The van der Waals surface area contributed by atoms with E-state index in [-0.39, 0.29) is 0 Å². The van der Waals surface area contributed by atoms with Gasteiger partial charge in [-0.3, -0.25) is 0 Å². The number of fused-ring (bicyclic) bond motifs is 1. The van der Waals surface area contributed by atoms with Crippen LogP contribution in [0.25, 0.3) is 0 Å². The van der Waals surface area contributed by atoms with Gasteiger partial charge in [0.1, 0.15) is 0 Å². The minimum Gasteiger partial charge on any atom is -0.250 e. The minimum absolute atomic E-state index is 1.12. The van der Waals surface area contributed by atoms with Gasteiger partial charge in [-0.05, 0) is 48.6 Å². The molecule has 0 spiro atoms. The number of nitrogens with zero attached hydrogens (tertiary/aromatic N) is 1. The van der Waals surface area contributed by atoms with Crippen molar-refractivity contribution in [2.45, 2.75) is 37.6 Å². The molecule has 0 saturated heterocycles. The van der Waals surface area contributed by atoms with Gasteiger partial charge in [-0.25, -0.2) is 4.98 Å². The lowest BCUT2D eigenvalue weighted by molar-refractivity contribution is 0.678. The maximum Gasteiger partial charge on any atom is 0.0962 e. The Balaban J connectivity index is 2.24. The predicted octanol–water partition coefficient (Wildman–Crippen LogP) is 3.07. The summed E-state index contributed by atoms with van der Waals surface area (Å²) in [6.07, 6.45) is 7.27.